The lowest BCUT2D eigenvalue weighted by Gasteiger charge is -2.12. The van der Waals surface area contributed by atoms with Gasteiger partial charge in [-0.3, -0.25) is 5.32 Å². The fourth-order valence-electron chi connectivity index (χ4n) is 0. The van der Waals surface area contributed by atoms with E-state index < -0.39 is 5.91 Å². The molecule has 38 valence electrons. The van der Waals surface area contributed by atoms with Gasteiger partial charge in [0.15, 0.2) is 0 Å². The number of hydrogen-bond acceptors (Lipinski definition) is 3. The van der Waals surface area contributed by atoms with Gasteiger partial charge in [-0.05, 0) is 7.05 Å². The van der Waals surface area contributed by atoms with Crippen LogP contribution in [0.25, 0.3) is 0 Å². The van der Waals surface area contributed by atoms with Crippen LogP contribution in [0.3, 0.4) is 0 Å². The summed E-state index contributed by atoms with van der Waals surface area (Å²) < 4.78 is 0. The molecule has 0 aromatic rings. The summed E-state index contributed by atoms with van der Waals surface area (Å²) in [4.78, 5) is 0. The van der Waals surface area contributed by atoms with E-state index in [4.69, 9.17) is 10.2 Å². The molecule has 0 unspecified atom stereocenters. The van der Waals surface area contributed by atoms with Gasteiger partial charge in [-0.25, -0.2) is 0 Å². The fraction of sp³-hybridized carbons (Fsp3) is 1.00. The summed E-state index contributed by atoms with van der Waals surface area (Å²) in [6.45, 7) is 1.24. The van der Waals surface area contributed by atoms with Crippen LogP contribution in [-0.4, -0.2) is 23.2 Å². The average Bonchev–Trinajstić information content (AvgIpc) is 1.35. The van der Waals surface area contributed by atoms with Gasteiger partial charge in [-0.2, -0.15) is 0 Å². The van der Waals surface area contributed by atoms with Crippen LogP contribution in [0.4, 0.5) is 0 Å². The first-order valence-electron chi connectivity index (χ1n) is 1.70. The van der Waals surface area contributed by atoms with E-state index >= 15 is 0 Å². The van der Waals surface area contributed by atoms with Crippen molar-refractivity contribution in [1.29, 1.82) is 0 Å². The molecule has 0 aromatic heterocycles. The molecule has 6 heavy (non-hydrogen) atoms. The molecule has 0 rings (SSSR count). The highest BCUT2D eigenvalue weighted by Crippen LogP contribution is 1.83. The van der Waals surface area contributed by atoms with Gasteiger partial charge in [0.2, 0.25) is 5.91 Å². The third-order valence-corrected chi connectivity index (χ3v) is 0.474. The topological polar surface area (TPSA) is 52.5 Å². The van der Waals surface area contributed by atoms with Gasteiger partial charge in [-0.1, -0.05) is 0 Å². The predicted molar refractivity (Wildman–Crippen MR) is 21.9 cm³/mol. The van der Waals surface area contributed by atoms with Crippen molar-refractivity contribution < 1.29 is 10.2 Å². The highest BCUT2D eigenvalue weighted by Gasteiger charge is 2.07. The molecule has 0 radical (unpaired) electrons. The average molecular weight is 91.1 g/mol. The first-order valence-corrected chi connectivity index (χ1v) is 1.70. The van der Waals surface area contributed by atoms with Crippen LogP contribution in [0.15, 0.2) is 0 Å². The van der Waals surface area contributed by atoms with Crippen LogP contribution >= 0.6 is 0 Å². The summed E-state index contributed by atoms with van der Waals surface area (Å²) in [5.41, 5.74) is 0. The lowest BCUT2D eigenvalue weighted by Crippen LogP contribution is -2.38. The number of rotatable bonds is 1. The number of aliphatic hydroxyl groups is 2. The van der Waals surface area contributed by atoms with Gasteiger partial charge >= 0.3 is 0 Å². The molecule has 0 amide bonds. The van der Waals surface area contributed by atoms with E-state index in [2.05, 4.69) is 5.32 Å². The fourth-order valence-corrected chi connectivity index (χ4v) is 0. The Kier molecular flexibility index (Phi) is 1.52. The van der Waals surface area contributed by atoms with Crippen molar-refractivity contribution in [2.75, 3.05) is 7.05 Å². The largest absolute Gasteiger partial charge is 0.354 e. The van der Waals surface area contributed by atoms with Crippen LogP contribution in [0.1, 0.15) is 6.92 Å². The first-order chi connectivity index (χ1) is 2.56. The summed E-state index contributed by atoms with van der Waals surface area (Å²) in [5.74, 6) is -1.71. The second-order valence-electron chi connectivity index (χ2n) is 1.27. The molecule has 0 spiro atoms. The van der Waals surface area contributed by atoms with Gasteiger partial charge in [0.05, 0.1) is 0 Å². The van der Waals surface area contributed by atoms with Crippen LogP contribution in [0, 0.1) is 0 Å². The van der Waals surface area contributed by atoms with E-state index in [1.54, 1.807) is 0 Å². The van der Waals surface area contributed by atoms with Crippen molar-refractivity contribution in [2.45, 2.75) is 12.8 Å². The minimum absolute atomic E-state index is 1.24. The maximum Gasteiger partial charge on any atom is 0.219 e. The molecule has 3 N–H and O–H groups in total. The molecule has 0 heterocycles. The second-order valence-corrected chi connectivity index (χ2v) is 1.27. The van der Waals surface area contributed by atoms with E-state index in [1.807, 2.05) is 0 Å². The summed E-state index contributed by atoms with van der Waals surface area (Å²) in [6.07, 6.45) is 0. The quantitative estimate of drug-likeness (QED) is 0.358. The summed E-state index contributed by atoms with van der Waals surface area (Å²) >= 11 is 0. The lowest BCUT2D eigenvalue weighted by molar-refractivity contribution is -0.164. The maximum atomic E-state index is 8.27. The van der Waals surface area contributed by atoms with Crippen molar-refractivity contribution >= 4 is 0 Å². The third kappa shape index (κ3) is 3.88. The van der Waals surface area contributed by atoms with E-state index in [9.17, 15) is 0 Å². The van der Waals surface area contributed by atoms with Crippen molar-refractivity contribution in [3.8, 4) is 0 Å². The van der Waals surface area contributed by atoms with Gasteiger partial charge in [0.1, 0.15) is 0 Å². The van der Waals surface area contributed by atoms with Gasteiger partial charge in [-0.15, -0.1) is 0 Å². The molecule has 3 heteroatoms. The molecule has 0 aliphatic carbocycles. The number of nitrogens with one attached hydrogen (secondary N) is 1. The Morgan fingerprint density at radius 2 is 1.67 bits per heavy atom. The van der Waals surface area contributed by atoms with Gasteiger partial charge < -0.3 is 10.2 Å². The SMILES string of the molecule is CNC(C)(O)O. The number of hydrogen-bond donors (Lipinski definition) is 3. The molecule has 0 bridgehead atoms. The van der Waals surface area contributed by atoms with Crippen molar-refractivity contribution in [2.24, 2.45) is 0 Å². The zero-order valence-electron chi connectivity index (χ0n) is 3.89. The molecule has 0 atom stereocenters. The summed E-state index contributed by atoms with van der Waals surface area (Å²) in [5, 5.41) is 18.8. The molecule has 0 aliphatic heterocycles. The molecule has 3 nitrogen and oxygen atoms in total. The van der Waals surface area contributed by atoms with Crippen molar-refractivity contribution in [3.05, 3.63) is 0 Å². The lowest BCUT2D eigenvalue weighted by atomic mass is 10.6. The Balaban J connectivity index is 3.17. The predicted octanol–water partition coefficient (Wildman–Crippen LogP) is -1.14. The van der Waals surface area contributed by atoms with Crippen molar-refractivity contribution in [1.82, 2.24) is 5.32 Å². The molecule has 0 fully saturated rings. The minimum atomic E-state index is -1.71. The Bertz CT molecular complexity index is 38.5. The maximum absolute atomic E-state index is 8.27. The Morgan fingerprint density at radius 3 is 1.67 bits per heavy atom. The standard InChI is InChI=1S/C3H9NO2/c1-3(5,6)4-2/h4-6H,1-2H3. The van der Waals surface area contributed by atoms with Crippen LogP contribution < -0.4 is 5.32 Å². The third-order valence-electron chi connectivity index (χ3n) is 0.474. The Labute approximate surface area is 36.6 Å². The van der Waals surface area contributed by atoms with E-state index in [1.165, 1.54) is 14.0 Å². The first kappa shape index (κ1) is 5.88. The van der Waals surface area contributed by atoms with E-state index in [0.717, 1.165) is 0 Å². The highest BCUT2D eigenvalue weighted by atomic mass is 16.5. The molecular weight excluding hydrogens is 82.0 g/mol. The summed E-state index contributed by atoms with van der Waals surface area (Å²) in [7, 11) is 1.46. The Hall–Kier alpha value is -0.120. The smallest absolute Gasteiger partial charge is 0.219 e. The zero-order valence-corrected chi connectivity index (χ0v) is 3.89. The van der Waals surface area contributed by atoms with Crippen LogP contribution in [0.5, 0.6) is 0 Å². The van der Waals surface area contributed by atoms with Gasteiger partial charge in [0.25, 0.3) is 0 Å². The minimum Gasteiger partial charge on any atom is -0.354 e. The highest BCUT2D eigenvalue weighted by molar-refractivity contribution is 4.42. The molecular formula is C3H9NO2. The zero-order chi connectivity index (χ0) is 5.21. The molecule has 0 aromatic carbocycles. The van der Waals surface area contributed by atoms with Gasteiger partial charge in [0, 0.05) is 6.92 Å². The van der Waals surface area contributed by atoms with E-state index in [0.29, 0.717) is 0 Å². The van der Waals surface area contributed by atoms with Crippen LogP contribution in [-0.2, 0) is 0 Å². The normalized spacial score (nSPS) is 12.0. The van der Waals surface area contributed by atoms with E-state index in [-0.39, 0.29) is 0 Å². The van der Waals surface area contributed by atoms with Crippen LogP contribution in [0.2, 0.25) is 0 Å². The van der Waals surface area contributed by atoms with Crippen molar-refractivity contribution in [3.63, 3.8) is 0 Å². The monoisotopic (exact) mass is 91.1 g/mol. The Morgan fingerprint density at radius 1 is 1.50 bits per heavy atom. The summed E-state index contributed by atoms with van der Waals surface area (Å²) in [6, 6.07) is 0. The molecule has 0 saturated heterocycles. The molecule has 0 saturated carbocycles. The second kappa shape index (κ2) is 1.55. The molecule has 0 aliphatic rings.